The van der Waals surface area contributed by atoms with Crippen molar-refractivity contribution in [1.82, 2.24) is 19.7 Å². The minimum absolute atomic E-state index is 0.0579. The van der Waals surface area contributed by atoms with E-state index in [0.29, 0.717) is 0 Å². The normalized spacial score (nSPS) is 16.1. The first-order valence-corrected chi connectivity index (χ1v) is 9.95. The highest BCUT2D eigenvalue weighted by atomic mass is 16.5. The molecule has 146 valence electrons. The lowest BCUT2D eigenvalue weighted by molar-refractivity contribution is 0.0543. The summed E-state index contributed by atoms with van der Waals surface area (Å²) < 4.78 is 7.55. The second-order valence-corrected chi connectivity index (χ2v) is 7.35. The Bertz CT molecular complexity index is 916. The van der Waals surface area contributed by atoms with E-state index >= 15 is 0 Å². The Morgan fingerprint density at radius 3 is 2.57 bits per heavy atom. The fraction of sp³-hybridized carbons (Fsp3) is 0.409. The maximum Gasteiger partial charge on any atom is 0.130 e. The molecule has 28 heavy (non-hydrogen) atoms. The molecule has 0 unspecified atom stereocenters. The number of hydrogen-bond acceptors (Lipinski definition) is 5. The largest absolute Gasteiger partial charge is 0.381 e. The van der Waals surface area contributed by atoms with Crippen molar-refractivity contribution in [2.75, 3.05) is 25.1 Å². The van der Waals surface area contributed by atoms with E-state index in [-0.39, 0.29) is 5.41 Å². The summed E-state index contributed by atoms with van der Waals surface area (Å²) in [6, 6.07) is 14.7. The summed E-state index contributed by atoms with van der Waals surface area (Å²) >= 11 is 0. The number of rotatable bonds is 6. The summed E-state index contributed by atoms with van der Waals surface area (Å²) in [6.07, 6.45) is 3.98. The molecule has 0 amide bonds. The molecule has 1 fully saturated rings. The smallest absolute Gasteiger partial charge is 0.130 e. The molecule has 2 aromatic heterocycles. The molecule has 0 bridgehead atoms. The molecule has 3 heterocycles. The summed E-state index contributed by atoms with van der Waals surface area (Å²) in [6.45, 7) is 7.24. The van der Waals surface area contributed by atoms with Crippen LogP contribution in [0.25, 0.3) is 11.4 Å². The quantitative estimate of drug-likeness (QED) is 0.707. The van der Waals surface area contributed by atoms with Crippen molar-refractivity contribution in [1.29, 1.82) is 0 Å². The number of nitrogens with zero attached hydrogens (tertiary/aromatic N) is 4. The predicted octanol–water partition coefficient (Wildman–Crippen LogP) is 3.83. The first-order valence-electron chi connectivity index (χ1n) is 9.95. The van der Waals surface area contributed by atoms with Gasteiger partial charge in [-0.05, 0) is 38.3 Å². The van der Waals surface area contributed by atoms with Gasteiger partial charge in [0.1, 0.15) is 17.3 Å². The van der Waals surface area contributed by atoms with Crippen LogP contribution in [0.15, 0.2) is 48.7 Å². The lowest BCUT2D eigenvalue weighted by Gasteiger charge is -2.38. The van der Waals surface area contributed by atoms with Gasteiger partial charge < -0.3 is 10.1 Å². The highest BCUT2D eigenvalue weighted by Gasteiger charge is 2.34. The van der Waals surface area contributed by atoms with E-state index in [1.54, 1.807) is 0 Å². The average Bonchev–Trinajstić information content (AvgIpc) is 3.23. The zero-order valence-corrected chi connectivity index (χ0v) is 16.6. The molecule has 3 aromatic rings. The van der Waals surface area contributed by atoms with Gasteiger partial charge >= 0.3 is 0 Å². The van der Waals surface area contributed by atoms with Gasteiger partial charge in [0.2, 0.25) is 0 Å². The van der Waals surface area contributed by atoms with Crippen LogP contribution in [-0.2, 0) is 16.7 Å². The first-order chi connectivity index (χ1) is 13.7. The van der Waals surface area contributed by atoms with Gasteiger partial charge in [-0.3, -0.25) is 4.68 Å². The fourth-order valence-electron chi connectivity index (χ4n) is 3.84. The number of nitrogens with one attached hydrogen (secondary N) is 1. The Hall–Kier alpha value is -2.73. The lowest BCUT2D eigenvalue weighted by Crippen LogP contribution is -2.40. The zero-order chi connectivity index (χ0) is 19.4. The third kappa shape index (κ3) is 3.92. The second kappa shape index (κ2) is 8.10. The molecule has 4 rings (SSSR count). The van der Waals surface area contributed by atoms with E-state index in [0.717, 1.165) is 62.2 Å². The fourth-order valence-corrected chi connectivity index (χ4v) is 3.84. The van der Waals surface area contributed by atoms with Gasteiger partial charge in [-0.1, -0.05) is 30.3 Å². The number of aryl methyl sites for hydroxylation is 2. The van der Waals surface area contributed by atoms with Crippen LogP contribution in [0.4, 0.5) is 5.82 Å². The third-order valence-electron chi connectivity index (χ3n) is 5.51. The van der Waals surface area contributed by atoms with Crippen LogP contribution in [0.5, 0.6) is 0 Å². The van der Waals surface area contributed by atoms with E-state index in [2.05, 4.69) is 57.6 Å². The van der Waals surface area contributed by atoms with E-state index in [4.69, 9.17) is 4.74 Å². The van der Waals surface area contributed by atoms with Gasteiger partial charge in [-0.15, -0.1) is 0 Å². The van der Waals surface area contributed by atoms with Gasteiger partial charge in [0, 0.05) is 44.0 Å². The van der Waals surface area contributed by atoms with Crippen molar-refractivity contribution in [3.8, 4) is 11.4 Å². The maximum atomic E-state index is 5.64. The molecular formula is C22H27N5O. The van der Waals surface area contributed by atoms with Crippen molar-refractivity contribution >= 4 is 5.82 Å². The molecule has 0 saturated carbocycles. The van der Waals surface area contributed by atoms with Gasteiger partial charge in [0.15, 0.2) is 0 Å². The second-order valence-electron chi connectivity index (χ2n) is 7.35. The SMILES string of the molecule is CCn1ccc(-c2cc(NCC3(c4ccccc4)CCOCC3)nc(C)n2)n1. The van der Waals surface area contributed by atoms with Crippen LogP contribution in [0.1, 0.15) is 31.2 Å². The third-order valence-corrected chi connectivity index (χ3v) is 5.51. The Morgan fingerprint density at radius 2 is 1.86 bits per heavy atom. The molecule has 6 heteroatoms. The summed E-state index contributed by atoms with van der Waals surface area (Å²) in [5.41, 5.74) is 3.14. The summed E-state index contributed by atoms with van der Waals surface area (Å²) in [7, 11) is 0. The Balaban J connectivity index is 1.58. The molecule has 1 N–H and O–H groups in total. The Morgan fingerprint density at radius 1 is 1.07 bits per heavy atom. The molecule has 1 aliphatic rings. The van der Waals surface area contributed by atoms with Gasteiger partial charge in [0.25, 0.3) is 0 Å². The lowest BCUT2D eigenvalue weighted by atomic mass is 9.74. The number of aromatic nitrogens is 4. The molecule has 0 radical (unpaired) electrons. The standard InChI is InChI=1S/C22H27N5O/c1-3-27-12-9-19(26-27)20-15-21(25-17(2)24-20)23-16-22(10-13-28-14-11-22)18-7-5-4-6-8-18/h4-9,12,15H,3,10-11,13-14,16H2,1-2H3,(H,23,24,25). The summed E-state index contributed by atoms with van der Waals surface area (Å²) in [4.78, 5) is 9.18. The molecular weight excluding hydrogens is 350 g/mol. The number of ether oxygens (including phenoxy) is 1. The van der Waals surface area contributed by atoms with Gasteiger partial charge in [0.05, 0.1) is 5.69 Å². The maximum absolute atomic E-state index is 5.64. The van der Waals surface area contributed by atoms with Crippen molar-refractivity contribution in [2.45, 2.75) is 38.6 Å². The predicted molar refractivity (Wildman–Crippen MR) is 110 cm³/mol. The monoisotopic (exact) mass is 377 g/mol. The molecule has 1 aliphatic heterocycles. The molecule has 0 spiro atoms. The van der Waals surface area contributed by atoms with Crippen LogP contribution >= 0.6 is 0 Å². The van der Waals surface area contributed by atoms with Crippen molar-refractivity contribution in [3.63, 3.8) is 0 Å². The molecule has 6 nitrogen and oxygen atoms in total. The van der Waals surface area contributed by atoms with Crippen LogP contribution in [0.2, 0.25) is 0 Å². The first kappa shape index (κ1) is 18.6. The molecule has 0 aliphatic carbocycles. The minimum Gasteiger partial charge on any atom is -0.381 e. The number of benzene rings is 1. The zero-order valence-electron chi connectivity index (χ0n) is 16.6. The number of anilines is 1. The minimum atomic E-state index is 0.0579. The Kier molecular flexibility index (Phi) is 5.39. The summed E-state index contributed by atoms with van der Waals surface area (Å²) in [5.74, 6) is 1.59. The van der Waals surface area contributed by atoms with E-state index in [9.17, 15) is 0 Å². The average molecular weight is 377 g/mol. The van der Waals surface area contributed by atoms with Crippen LogP contribution in [-0.4, -0.2) is 39.5 Å². The van der Waals surface area contributed by atoms with Crippen LogP contribution in [0.3, 0.4) is 0 Å². The van der Waals surface area contributed by atoms with E-state index in [1.807, 2.05) is 29.9 Å². The van der Waals surface area contributed by atoms with Crippen molar-refractivity contribution < 1.29 is 4.74 Å². The van der Waals surface area contributed by atoms with Crippen LogP contribution < -0.4 is 5.32 Å². The Labute approximate surface area is 166 Å². The van der Waals surface area contributed by atoms with E-state index in [1.165, 1.54) is 5.56 Å². The van der Waals surface area contributed by atoms with Crippen molar-refractivity contribution in [2.24, 2.45) is 0 Å². The molecule has 1 saturated heterocycles. The van der Waals surface area contributed by atoms with E-state index < -0.39 is 0 Å². The van der Waals surface area contributed by atoms with Gasteiger partial charge in [-0.25, -0.2) is 9.97 Å². The molecule has 0 atom stereocenters. The van der Waals surface area contributed by atoms with Crippen molar-refractivity contribution in [3.05, 3.63) is 60.0 Å². The summed E-state index contributed by atoms with van der Waals surface area (Å²) in [5, 5.41) is 8.16. The highest BCUT2D eigenvalue weighted by molar-refractivity contribution is 5.58. The number of hydrogen-bond donors (Lipinski definition) is 1. The molecule has 1 aromatic carbocycles. The van der Waals surface area contributed by atoms with Crippen LogP contribution in [0, 0.1) is 6.92 Å². The highest BCUT2D eigenvalue weighted by Crippen LogP contribution is 2.35. The topological polar surface area (TPSA) is 64.9 Å². The van der Waals surface area contributed by atoms with Gasteiger partial charge in [-0.2, -0.15) is 5.10 Å².